The molecule has 6 heteroatoms. The minimum atomic E-state index is -1.50. The Morgan fingerprint density at radius 1 is 1.33 bits per heavy atom. The molecule has 0 aliphatic heterocycles. The molecular formula is C6H10NNaO4. The second-order valence-electron chi connectivity index (χ2n) is 2.15. The molecule has 0 fully saturated rings. The molecule has 4 N–H and O–H groups in total. The van der Waals surface area contributed by atoms with E-state index >= 15 is 0 Å². The third-order valence-electron chi connectivity index (χ3n) is 1.31. The van der Waals surface area contributed by atoms with Crippen LogP contribution in [0.1, 0.15) is 0 Å². The first-order valence-electron chi connectivity index (χ1n) is 2.99. The van der Waals surface area contributed by atoms with Gasteiger partial charge in [0.2, 0.25) is 0 Å². The van der Waals surface area contributed by atoms with Crippen LogP contribution in [0.25, 0.3) is 0 Å². The molecule has 0 aromatic rings. The van der Waals surface area contributed by atoms with Gasteiger partial charge in [-0.25, -0.2) is 0 Å². The summed E-state index contributed by atoms with van der Waals surface area (Å²) in [5, 5.41) is 16.7. The van der Waals surface area contributed by atoms with Crippen molar-refractivity contribution in [1.29, 1.82) is 0 Å². The predicted octanol–water partition coefficient (Wildman–Crippen LogP) is -3.82. The summed E-state index contributed by atoms with van der Waals surface area (Å²) in [6, 6.07) is 0. The first-order chi connectivity index (χ1) is 5.00. The largest absolute Gasteiger partial charge is 1.00 e. The van der Waals surface area contributed by atoms with Gasteiger partial charge in [0.15, 0.2) is 0 Å². The third kappa shape index (κ3) is 4.06. The van der Waals surface area contributed by atoms with Crippen molar-refractivity contribution >= 4 is 11.9 Å². The molecule has 0 amide bonds. The summed E-state index contributed by atoms with van der Waals surface area (Å²) in [7, 11) is 0. The van der Waals surface area contributed by atoms with Crippen LogP contribution in [-0.2, 0) is 9.59 Å². The van der Waals surface area contributed by atoms with Crippen LogP contribution in [-0.4, -0.2) is 28.7 Å². The molecule has 0 aliphatic carbocycles. The van der Waals surface area contributed by atoms with Crippen molar-refractivity contribution in [3.05, 3.63) is 6.92 Å². The van der Waals surface area contributed by atoms with Gasteiger partial charge in [0, 0.05) is 0 Å². The maximum absolute atomic E-state index is 10.3. The van der Waals surface area contributed by atoms with Gasteiger partial charge in [-0.15, -0.1) is 5.92 Å². The minimum Gasteiger partial charge on any atom is -0.481 e. The van der Waals surface area contributed by atoms with Gasteiger partial charge in [-0.3, -0.25) is 9.59 Å². The second-order valence-corrected chi connectivity index (χ2v) is 2.15. The summed E-state index contributed by atoms with van der Waals surface area (Å²) >= 11 is 0. The van der Waals surface area contributed by atoms with Crippen LogP contribution in [0, 0.1) is 18.8 Å². The van der Waals surface area contributed by atoms with Gasteiger partial charge in [-0.1, -0.05) is 0 Å². The number of hydrogen-bond donors (Lipinski definition) is 3. The zero-order chi connectivity index (χ0) is 9.02. The third-order valence-corrected chi connectivity index (χ3v) is 1.31. The molecule has 12 heavy (non-hydrogen) atoms. The zero-order valence-electron chi connectivity index (χ0n) is 6.86. The molecule has 0 saturated heterocycles. The molecule has 0 heterocycles. The van der Waals surface area contributed by atoms with Crippen LogP contribution in [0.4, 0.5) is 0 Å². The molecule has 0 aliphatic rings. The van der Waals surface area contributed by atoms with Crippen molar-refractivity contribution in [3.8, 4) is 0 Å². The van der Waals surface area contributed by atoms with E-state index in [2.05, 4.69) is 6.92 Å². The first kappa shape index (κ1) is 14.4. The van der Waals surface area contributed by atoms with E-state index in [4.69, 9.17) is 15.9 Å². The fourth-order valence-electron chi connectivity index (χ4n) is 0.645. The summed E-state index contributed by atoms with van der Waals surface area (Å²) in [6.07, 6.45) is 0. The van der Waals surface area contributed by atoms with Gasteiger partial charge in [-0.2, -0.15) is 0 Å². The molecule has 1 atom stereocenters. The maximum Gasteiger partial charge on any atom is 1.00 e. The van der Waals surface area contributed by atoms with E-state index in [0.29, 0.717) is 0 Å². The van der Waals surface area contributed by atoms with Gasteiger partial charge in [0.05, 0.1) is 0 Å². The Morgan fingerprint density at radius 3 is 1.75 bits per heavy atom. The van der Waals surface area contributed by atoms with Crippen molar-refractivity contribution in [2.45, 2.75) is 0 Å². The summed E-state index contributed by atoms with van der Waals surface area (Å²) in [6.45, 7) is 3.26. The number of carboxylic acid groups (broad SMARTS) is 2. The molecule has 0 aromatic carbocycles. The van der Waals surface area contributed by atoms with Crippen LogP contribution in [0.15, 0.2) is 0 Å². The number of aliphatic carboxylic acids is 2. The van der Waals surface area contributed by atoms with E-state index in [9.17, 15) is 9.59 Å². The Bertz CT molecular complexity index is 159. The van der Waals surface area contributed by atoms with Crippen LogP contribution >= 0.6 is 0 Å². The SMILES string of the molecule is [CH2-]C(CN)C(C(=O)O)C(=O)O.[Na+]. The summed E-state index contributed by atoms with van der Waals surface area (Å²) < 4.78 is 0. The molecule has 0 aromatic heterocycles. The van der Waals surface area contributed by atoms with Crippen molar-refractivity contribution in [2.75, 3.05) is 6.54 Å². The monoisotopic (exact) mass is 183 g/mol. The molecule has 0 bridgehead atoms. The van der Waals surface area contributed by atoms with Crippen molar-refractivity contribution < 1.29 is 49.4 Å². The normalized spacial score (nSPS) is 11.9. The quantitative estimate of drug-likeness (QED) is 0.235. The summed E-state index contributed by atoms with van der Waals surface area (Å²) in [5.74, 6) is -5.09. The summed E-state index contributed by atoms with van der Waals surface area (Å²) in [5.41, 5.74) is 5.06. The predicted molar refractivity (Wildman–Crippen MR) is 36.7 cm³/mol. The number of nitrogens with two attached hydrogens (primary N) is 1. The standard InChI is InChI=1S/C6H10NO4.Na/c1-3(2-7)4(5(8)9)6(10)11;/h3-4H,1-2,7H2,(H,8,9)(H,10,11);/q-1;+1. The number of rotatable bonds is 4. The molecule has 0 rings (SSSR count). The van der Waals surface area contributed by atoms with Crippen LogP contribution in [0.3, 0.4) is 0 Å². The van der Waals surface area contributed by atoms with E-state index in [1.54, 1.807) is 0 Å². The van der Waals surface area contributed by atoms with Crippen molar-refractivity contribution in [2.24, 2.45) is 17.6 Å². The number of carbonyl (C=O) groups is 2. The Kier molecular flexibility index (Phi) is 7.72. The van der Waals surface area contributed by atoms with E-state index < -0.39 is 23.8 Å². The average Bonchev–Trinajstić information content (AvgIpc) is 1.85. The smallest absolute Gasteiger partial charge is 0.481 e. The van der Waals surface area contributed by atoms with Crippen LogP contribution < -0.4 is 35.3 Å². The summed E-state index contributed by atoms with van der Waals surface area (Å²) in [4.78, 5) is 20.5. The van der Waals surface area contributed by atoms with E-state index in [-0.39, 0.29) is 36.1 Å². The molecular weight excluding hydrogens is 173 g/mol. The van der Waals surface area contributed by atoms with Gasteiger partial charge in [0.25, 0.3) is 0 Å². The van der Waals surface area contributed by atoms with E-state index in [1.807, 2.05) is 0 Å². The topological polar surface area (TPSA) is 101 Å². The number of carboxylic acids is 2. The molecule has 1 unspecified atom stereocenters. The molecule has 64 valence electrons. The Hall–Kier alpha value is -0.100. The minimum absolute atomic E-state index is 0. The Morgan fingerprint density at radius 2 is 1.67 bits per heavy atom. The van der Waals surface area contributed by atoms with Crippen molar-refractivity contribution in [1.82, 2.24) is 0 Å². The van der Waals surface area contributed by atoms with Gasteiger partial charge in [0.1, 0.15) is 5.92 Å². The Balaban J connectivity index is 0. The van der Waals surface area contributed by atoms with Crippen LogP contribution in [0.5, 0.6) is 0 Å². The van der Waals surface area contributed by atoms with E-state index in [1.165, 1.54) is 0 Å². The molecule has 0 spiro atoms. The van der Waals surface area contributed by atoms with Gasteiger partial charge < -0.3 is 22.9 Å². The fourth-order valence-corrected chi connectivity index (χ4v) is 0.645. The fraction of sp³-hybridized carbons (Fsp3) is 0.500. The molecule has 0 saturated carbocycles. The van der Waals surface area contributed by atoms with E-state index in [0.717, 1.165) is 0 Å². The first-order valence-corrected chi connectivity index (χ1v) is 2.99. The van der Waals surface area contributed by atoms with Crippen LogP contribution in [0.2, 0.25) is 0 Å². The molecule has 0 radical (unpaired) electrons. The van der Waals surface area contributed by atoms with Gasteiger partial charge >= 0.3 is 41.5 Å². The maximum atomic E-state index is 10.3. The second kappa shape index (κ2) is 6.42. The zero-order valence-corrected chi connectivity index (χ0v) is 8.86. The average molecular weight is 183 g/mol. The van der Waals surface area contributed by atoms with Gasteiger partial charge in [-0.05, 0) is 6.54 Å². The molecule has 5 nitrogen and oxygen atoms in total. The Labute approximate surface area is 92.2 Å². The van der Waals surface area contributed by atoms with Crippen molar-refractivity contribution in [3.63, 3.8) is 0 Å². The number of hydrogen-bond acceptors (Lipinski definition) is 3.